The summed E-state index contributed by atoms with van der Waals surface area (Å²) in [6.07, 6.45) is 27.1. The number of amides is 2. The van der Waals surface area contributed by atoms with E-state index in [4.69, 9.17) is 35.1 Å². The highest BCUT2D eigenvalue weighted by atomic mass is 79.9. The number of fused-ring (bicyclic) bond motifs is 3. The van der Waals surface area contributed by atoms with E-state index in [0.717, 1.165) is 157 Å². The zero-order valence-corrected chi connectivity index (χ0v) is 67.1. The molecular weight excluding hydrogens is 1460 g/mol. The maximum Gasteiger partial charge on any atom is 0.408 e. The molecule has 6 aromatic carbocycles. The Bertz CT molecular complexity index is 4560. The van der Waals surface area contributed by atoms with Crippen LogP contribution < -0.4 is 46.2 Å². The van der Waals surface area contributed by atoms with Gasteiger partial charge >= 0.3 is 12.2 Å². The van der Waals surface area contributed by atoms with Crippen LogP contribution in [-0.4, -0.2) is 112 Å². The molecule has 6 aliphatic heterocycles. The van der Waals surface area contributed by atoms with E-state index in [1.165, 1.54) is 82.3 Å². The second kappa shape index (κ2) is 34.5. The van der Waals surface area contributed by atoms with Crippen LogP contribution >= 0.6 is 15.9 Å². The number of rotatable bonds is 10. The zero-order chi connectivity index (χ0) is 76.7. The molecular formula is C92H114BrN15O4. The average Bonchev–Trinajstić information content (AvgIpc) is 1.61. The summed E-state index contributed by atoms with van der Waals surface area (Å²) in [5.74, 6) is 4.75. The monoisotopic (exact) mass is 1570 g/mol. The lowest BCUT2D eigenvalue weighted by atomic mass is 9.72. The van der Waals surface area contributed by atoms with Gasteiger partial charge in [0, 0.05) is 75.3 Å². The van der Waals surface area contributed by atoms with E-state index >= 15 is 0 Å². The van der Waals surface area contributed by atoms with E-state index in [0.29, 0.717) is 18.1 Å². The Hall–Kier alpha value is -9.50. The predicted octanol–water partition coefficient (Wildman–Crippen LogP) is 18.3. The second-order valence-electron chi connectivity index (χ2n) is 34.1. The number of hydrogen-bond acceptors (Lipinski definition) is 17. The highest BCUT2D eigenvalue weighted by Gasteiger charge is 2.51. The average molecular weight is 1570 g/mol. The Morgan fingerprint density at radius 1 is 0.429 bits per heavy atom. The number of piperidine rings is 3. The quantitative estimate of drug-likeness (QED) is 0.100. The number of carbonyl (C=O) groups is 2. The van der Waals surface area contributed by atoms with Crippen molar-refractivity contribution in [2.24, 2.45) is 22.0 Å². The van der Waals surface area contributed by atoms with Crippen molar-refractivity contribution >= 4 is 57.2 Å². The normalized spacial score (nSPS) is 22.2. The van der Waals surface area contributed by atoms with Gasteiger partial charge < -0.3 is 55.7 Å². The fraction of sp³-hybridized carbons (Fsp3) is 0.457. The molecule has 5 N–H and O–H groups in total. The SMILES string of the molecule is C.CC(C)(C)OC(=O)N[C@@H]1c2ccccc2CC12CCN(c1cnc(Br)cn1)CC2.CC(C)(C)OC(=O)N[C@@H]1c2ccccc2CC12CCN(c1cnc(N3CCC[C@@H]3c3ccccc3)cn1)CC2.N[C@@H]1c2ccccc2CC12CCN(c1cnc(N3CCC[C@@H]3c3ccccc3)cn1)CC2.c1ccc(C2CCCN2)cc1. The minimum atomic E-state index is -0.528. The van der Waals surface area contributed by atoms with Gasteiger partial charge in [-0.15, -0.1) is 0 Å². The summed E-state index contributed by atoms with van der Waals surface area (Å²) in [5.41, 5.74) is 17.9. The number of hydrogen-bond donors (Lipinski definition) is 4. The van der Waals surface area contributed by atoms with E-state index in [1.54, 1.807) is 6.20 Å². The van der Waals surface area contributed by atoms with Crippen molar-refractivity contribution in [1.82, 2.24) is 45.9 Å². The van der Waals surface area contributed by atoms with Crippen LogP contribution in [0, 0.1) is 16.2 Å². The minimum absolute atomic E-state index is 0. The standard InChI is InChI=1S/C32H39N5O2.C27H31N5.C22H27BrN4O2.C10H13N.CH4/c1-31(2,3)39-30(38)35-29-25-13-8-7-12-24(25)20-32(29)15-18-36(19-16-32)27-21-34-28(22-33-27)37-17-9-14-26(37)23-10-5-4-6-11-23;28-26-22-10-5-4-9-21(22)17-27(26)12-15-31(16-13-27)24-18-30-25(19-29-24)32-14-6-11-23(32)20-7-2-1-3-8-20;1-21(2,3)29-20(28)26-19-16-7-5-4-6-15(16)12-22(19)8-10-27(11-9-22)18-14-24-17(23)13-25-18;1-2-5-9(6-3-1)10-7-4-8-11-10;/h4-8,10-13,21-22,26,29H,9,14-20H2,1-3H3,(H,35,38);1-5,7-10,18-19,23,26H,6,11-17,28H2;4-7,13-14,19H,8-12H2,1-3H3,(H,26,28);1-3,5-6,10-11H,4,7-8H2;1H4/t26-,29-;23-,26-;19-;;/m111../s1. The van der Waals surface area contributed by atoms with Gasteiger partial charge in [0.1, 0.15) is 44.9 Å². The van der Waals surface area contributed by atoms with E-state index in [1.807, 2.05) is 78.6 Å². The molecule has 0 saturated carbocycles. The van der Waals surface area contributed by atoms with Crippen LogP contribution in [0.25, 0.3) is 0 Å². The Kier molecular flexibility index (Phi) is 24.3. The van der Waals surface area contributed by atoms with E-state index in [9.17, 15) is 9.59 Å². The molecule has 6 fully saturated rings. The van der Waals surface area contributed by atoms with E-state index < -0.39 is 11.2 Å². The van der Waals surface area contributed by atoms with Gasteiger partial charge in [0.15, 0.2) is 0 Å². The van der Waals surface area contributed by atoms with Crippen LogP contribution in [0.2, 0.25) is 0 Å². The van der Waals surface area contributed by atoms with Crippen molar-refractivity contribution in [3.8, 4) is 0 Å². The fourth-order valence-electron chi connectivity index (χ4n) is 19.2. The second-order valence-corrected chi connectivity index (χ2v) is 34.9. The van der Waals surface area contributed by atoms with Crippen molar-refractivity contribution in [2.45, 2.75) is 193 Å². The van der Waals surface area contributed by atoms with Gasteiger partial charge in [0.05, 0.1) is 61.3 Å². The molecule has 3 aromatic heterocycles. The number of aromatic nitrogens is 6. The molecule has 112 heavy (non-hydrogen) atoms. The van der Waals surface area contributed by atoms with Gasteiger partial charge in [-0.1, -0.05) is 171 Å². The number of nitrogens with two attached hydrogens (primary N) is 1. The van der Waals surface area contributed by atoms with E-state index in [-0.39, 0.29) is 54.0 Å². The Morgan fingerprint density at radius 3 is 1.15 bits per heavy atom. The van der Waals surface area contributed by atoms with Gasteiger partial charge in [-0.05, 0) is 216 Å². The van der Waals surface area contributed by atoms with Gasteiger partial charge in [-0.3, -0.25) is 0 Å². The molecule has 6 saturated heterocycles. The molecule has 18 rings (SSSR count). The van der Waals surface area contributed by atoms with Crippen molar-refractivity contribution in [3.05, 3.63) is 256 Å². The predicted molar refractivity (Wildman–Crippen MR) is 452 cm³/mol. The smallest absolute Gasteiger partial charge is 0.408 e. The van der Waals surface area contributed by atoms with Crippen LogP contribution in [0.3, 0.4) is 0 Å². The number of anilines is 5. The number of nitrogens with zero attached hydrogens (tertiary/aromatic N) is 11. The maximum absolute atomic E-state index is 12.8. The third-order valence-electron chi connectivity index (χ3n) is 24.8. The molecule has 19 nitrogen and oxygen atoms in total. The summed E-state index contributed by atoms with van der Waals surface area (Å²) >= 11 is 3.34. The number of alkyl carbamates (subject to hydrolysis) is 2. The minimum Gasteiger partial charge on any atom is -0.444 e. The first-order valence-corrected chi connectivity index (χ1v) is 41.3. The van der Waals surface area contributed by atoms with Crippen molar-refractivity contribution in [2.75, 3.05) is 83.4 Å². The lowest BCUT2D eigenvalue weighted by Crippen LogP contribution is -2.48. The fourth-order valence-corrected chi connectivity index (χ4v) is 19.4. The van der Waals surface area contributed by atoms with Gasteiger partial charge in [0.25, 0.3) is 0 Å². The van der Waals surface area contributed by atoms with Gasteiger partial charge in [0.2, 0.25) is 0 Å². The highest BCUT2D eigenvalue weighted by molar-refractivity contribution is 9.10. The first-order chi connectivity index (χ1) is 53.8. The number of carbonyl (C=O) groups excluding carboxylic acids is 2. The third kappa shape index (κ3) is 17.9. The largest absolute Gasteiger partial charge is 0.444 e. The van der Waals surface area contributed by atoms with Crippen LogP contribution in [0.4, 0.5) is 38.7 Å². The molecule has 20 heteroatoms. The number of ether oxygens (including phenoxy) is 2. The topological polar surface area (TPSA) is 208 Å². The van der Waals surface area contributed by atoms with Crippen molar-refractivity contribution in [3.63, 3.8) is 0 Å². The molecule has 1 unspecified atom stereocenters. The van der Waals surface area contributed by atoms with Crippen molar-refractivity contribution in [1.29, 1.82) is 0 Å². The number of halogens is 1. The summed E-state index contributed by atoms with van der Waals surface area (Å²) in [6.45, 7) is 20.1. The zero-order valence-electron chi connectivity index (χ0n) is 65.5. The third-order valence-corrected chi connectivity index (χ3v) is 25.2. The molecule has 9 aromatic rings. The first kappa shape index (κ1) is 79.2. The molecule has 3 aliphatic carbocycles. The lowest BCUT2D eigenvalue weighted by molar-refractivity contribution is 0.0418. The van der Waals surface area contributed by atoms with Gasteiger partial charge in [-0.25, -0.2) is 39.5 Å². The number of benzene rings is 6. The van der Waals surface area contributed by atoms with Crippen LogP contribution in [0.1, 0.15) is 212 Å². The molecule has 0 radical (unpaired) electrons. The molecule has 9 heterocycles. The first-order valence-electron chi connectivity index (χ1n) is 40.5. The molecule has 6 atom stereocenters. The summed E-state index contributed by atoms with van der Waals surface area (Å²) in [5, 5.41) is 9.92. The Labute approximate surface area is 671 Å². The van der Waals surface area contributed by atoms with Crippen LogP contribution in [-0.2, 0) is 28.7 Å². The summed E-state index contributed by atoms with van der Waals surface area (Å²) in [4.78, 5) is 65.4. The Balaban J connectivity index is 0.000000131. The summed E-state index contributed by atoms with van der Waals surface area (Å²) < 4.78 is 12.0. The molecule has 0 bridgehead atoms. The summed E-state index contributed by atoms with van der Waals surface area (Å²) in [6, 6.07) is 59.3. The van der Waals surface area contributed by atoms with Crippen LogP contribution in [0.5, 0.6) is 0 Å². The van der Waals surface area contributed by atoms with Gasteiger partial charge in [-0.2, -0.15) is 0 Å². The van der Waals surface area contributed by atoms with E-state index in [2.05, 4.69) is 224 Å². The highest BCUT2D eigenvalue weighted by Crippen LogP contribution is 2.55. The molecule has 3 spiro atoms. The molecule has 588 valence electrons. The van der Waals surface area contributed by atoms with Crippen LogP contribution in [0.15, 0.2) is 206 Å². The Morgan fingerprint density at radius 2 is 0.777 bits per heavy atom. The maximum atomic E-state index is 12.8. The lowest BCUT2D eigenvalue weighted by Gasteiger charge is -2.43. The number of nitrogens with one attached hydrogen (secondary N) is 3. The van der Waals surface area contributed by atoms with Crippen molar-refractivity contribution < 1.29 is 19.1 Å². The summed E-state index contributed by atoms with van der Waals surface area (Å²) in [7, 11) is 0. The molecule has 2 amide bonds. The molecule has 9 aliphatic rings.